The molecule has 4 rings (SSSR count). The fourth-order valence-corrected chi connectivity index (χ4v) is 5.66. The molecular formula is C27H29Cl2N3O3S. The van der Waals surface area contributed by atoms with Gasteiger partial charge in [-0.15, -0.1) is 0 Å². The van der Waals surface area contributed by atoms with Crippen molar-refractivity contribution < 1.29 is 13.2 Å². The molecule has 0 bridgehead atoms. The van der Waals surface area contributed by atoms with Crippen molar-refractivity contribution in [3.63, 3.8) is 0 Å². The number of anilines is 1. The van der Waals surface area contributed by atoms with Crippen molar-refractivity contribution in [3.8, 4) is 0 Å². The molecular weight excluding hydrogens is 517 g/mol. The van der Waals surface area contributed by atoms with Gasteiger partial charge in [0, 0.05) is 18.7 Å². The normalized spacial score (nSPS) is 14.1. The molecule has 0 aromatic heterocycles. The Labute approximate surface area is 222 Å². The summed E-state index contributed by atoms with van der Waals surface area (Å²) in [5.74, 6) is -0.190. The lowest BCUT2D eigenvalue weighted by molar-refractivity contribution is 0.0951. The average molecular weight is 547 g/mol. The molecule has 1 aliphatic rings. The Bertz CT molecular complexity index is 1320. The molecule has 1 amide bonds. The number of carbonyl (C=O) groups is 1. The summed E-state index contributed by atoms with van der Waals surface area (Å²) in [6, 6.07) is 20.0. The summed E-state index contributed by atoms with van der Waals surface area (Å²) in [6.07, 6.45) is 3.64. The van der Waals surface area contributed by atoms with Gasteiger partial charge in [-0.05, 0) is 66.9 Å². The van der Waals surface area contributed by atoms with E-state index in [1.54, 1.807) is 42.5 Å². The van der Waals surface area contributed by atoms with Crippen molar-refractivity contribution >= 4 is 44.8 Å². The van der Waals surface area contributed by atoms with Crippen LogP contribution in [0.4, 0.5) is 5.69 Å². The lowest BCUT2D eigenvalue weighted by atomic mass is 10.1. The molecule has 9 heteroatoms. The summed E-state index contributed by atoms with van der Waals surface area (Å²) in [5.41, 5.74) is 3.82. The number of carbonyl (C=O) groups excluding carboxylic acids is 1. The minimum Gasteiger partial charge on any atom is -0.348 e. The predicted molar refractivity (Wildman–Crippen MR) is 146 cm³/mol. The first kappa shape index (κ1) is 26.5. The summed E-state index contributed by atoms with van der Waals surface area (Å²) in [5, 5.41) is 3.42. The molecule has 3 aromatic carbocycles. The van der Waals surface area contributed by atoms with Crippen LogP contribution in [0.5, 0.6) is 0 Å². The Morgan fingerprint density at radius 3 is 2.31 bits per heavy atom. The molecule has 1 N–H and O–H groups in total. The Hall–Kier alpha value is -2.58. The van der Waals surface area contributed by atoms with Crippen molar-refractivity contribution in [2.75, 3.05) is 23.7 Å². The predicted octanol–water partition coefficient (Wildman–Crippen LogP) is 5.49. The second kappa shape index (κ2) is 11.6. The zero-order chi connectivity index (χ0) is 25.7. The monoisotopic (exact) mass is 545 g/mol. The van der Waals surface area contributed by atoms with Crippen molar-refractivity contribution in [1.29, 1.82) is 0 Å². The topological polar surface area (TPSA) is 69.7 Å². The van der Waals surface area contributed by atoms with E-state index >= 15 is 0 Å². The van der Waals surface area contributed by atoms with Gasteiger partial charge in [0.2, 0.25) is 10.0 Å². The number of halogens is 2. The van der Waals surface area contributed by atoms with Gasteiger partial charge in [0.15, 0.2) is 0 Å². The Kier molecular flexibility index (Phi) is 8.57. The Morgan fingerprint density at radius 2 is 1.61 bits per heavy atom. The number of likely N-dealkylation sites (tertiary alicyclic amines) is 1. The van der Waals surface area contributed by atoms with Crippen LogP contribution in [-0.2, 0) is 29.7 Å². The molecule has 6 nitrogen and oxygen atoms in total. The number of amides is 1. The first-order valence-corrected chi connectivity index (χ1v) is 14.4. The molecule has 1 aliphatic heterocycles. The fraction of sp³-hybridized carbons (Fsp3) is 0.296. The van der Waals surface area contributed by atoms with Crippen molar-refractivity contribution in [2.24, 2.45) is 0 Å². The second-order valence-electron chi connectivity index (χ2n) is 9.03. The number of nitrogens with zero attached hydrogens (tertiary/aromatic N) is 2. The van der Waals surface area contributed by atoms with Gasteiger partial charge in [0.05, 0.1) is 28.5 Å². The highest BCUT2D eigenvalue weighted by Crippen LogP contribution is 2.34. The maximum Gasteiger partial charge on any atom is 0.251 e. The van der Waals surface area contributed by atoms with E-state index in [4.69, 9.17) is 23.2 Å². The van der Waals surface area contributed by atoms with Crippen LogP contribution < -0.4 is 9.62 Å². The van der Waals surface area contributed by atoms with Crippen molar-refractivity contribution in [2.45, 2.75) is 32.5 Å². The summed E-state index contributed by atoms with van der Waals surface area (Å²) < 4.78 is 26.1. The highest BCUT2D eigenvalue weighted by molar-refractivity contribution is 7.92. The van der Waals surface area contributed by atoms with Crippen LogP contribution in [-0.4, -0.2) is 38.6 Å². The molecule has 0 spiro atoms. The number of sulfonamides is 1. The van der Waals surface area contributed by atoms with E-state index < -0.39 is 10.0 Å². The third-order valence-corrected chi connectivity index (χ3v) is 8.13. The molecule has 0 saturated carbocycles. The van der Waals surface area contributed by atoms with Gasteiger partial charge in [-0.2, -0.15) is 0 Å². The van der Waals surface area contributed by atoms with Crippen molar-refractivity contribution in [1.82, 2.24) is 10.2 Å². The van der Waals surface area contributed by atoms with Crippen LogP contribution in [0.1, 0.15) is 39.9 Å². The highest BCUT2D eigenvalue weighted by atomic mass is 35.5. The van der Waals surface area contributed by atoms with Crippen LogP contribution in [0.15, 0.2) is 66.7 Å². The first-order chi connectivity index (χ1) is 17.2. The number of rotatable bonds is 9. The maximum absolute atomic E-state index is 12.7. The standard InChI is InChI=1S/C27H29Cl2N3O3S/c1-36(34,35)32(25-9-5-8-24(28)26(25)29)19-20-10-12-23(13-11-20)27(33)30-17-21-6-4-7-22(16-21)18-31-14-2-3-15-31/h4-13,16H,2-3,14-15,17-19H2,1H3,(H,30,33). The number of benzene rings is 3. The molecule has 0 unspecified atom stereocenters. The van der Waals surface area contributed by atoms with Crippen LogP contribution in [0, 0.1) is 0 Å². The van der Waals surface area contributed by atoms with Gasteiger partial charge in [0.25, 0.3) is 5.91 Å². The smallest absolute Gasteiger partial charge is 0.251 e. The van der Waals surface area contributed by atoms with Gasteiger partial charge in [0.1, 0.15) is 0 Å². The molecule has 1 fully saturated rings. The largest absolute Gasteiger partial charge is 0.348 e. The van der Waals surface area contributed by atoms with Crippen LogP contribution >= 0.6 is 23.2 Å². The third kappa shape index (κ3) is 6.79. The number of nitrogens with one attached hydrogen (secondary N) is 1. The van der Waals surface area contributed by atoms with Crippen LogP contribution in [0.3, 0.4) is 0 Å². The fourth-order valence-electron chi connectivity index (χ4n) is 4.31. The molecule has 0 aliphatic carbocycles. The quantitative estimate of drug-likeness (QED) is 0.386. The Morgan fingerprint density at radius 1 is 0.944 bits per heavy atom. The van der Waals surface area contributed by atoms with Gasteiger partial charge < -0.3 is 5.32 Å². The van der Waals surface area contributed by atoms with E-state index in [0.29, 0.717) is 23.4 Å². The SMILES string of the molecule is CS(=O)(=O)N(Cc1ccc(C(=O)NCc2cccc(CN3CCCC3)c2)cc1)c1cccc(Cl)c1Cl. The lowest BCUT2D eigenvalue weighted by Crippen LogP contribution is -2.29. The molecule has 1 saturated heterocycles. The van der Waals surface area contributed by atoms with E-state index in [-0.39, 0.29) is 22.5 Å². The molecule has 1 heterocycles. The van der Waals surface area contributed by atoms with Crippen LogP contribution in [0.2, 0.25) is 10.0 Å². The van der Waals surface area contributed by atoms with E-state index in [9.17, 15) is 13.2 Å². The Balaban J connectivity index is 1.39. The van der Waals surface area contributed by atoms with E-state index in [1.807, 2.05) is 12.1 Å². The number of hydrogen-bond donors (Lipinski definition) is 1. The molecule has 3 aromatic rings. The van der Waals surface area contributed by atoms with E-state index in [1.165, 1.54) is 22.7 Å². The zero-order valence-electron chi connectivity index (χ0n) is 20.1. The summed E-state index contributed by atoms with van der Waals surface area (Å²) >= 11 is 12.4. The molecule has 36 heavy (non-hydrogen) atoms. The molecule has 0 atom stereocenters. The van der Waals surface area contributed by atoms with Gasteiger partial charge >= 0.3 is 0 Å². The average Bonchev–Trinajstić information content (AvgIpc) is 3.36. The first-order valence-electron chi connectivity index (χ1n) is 11.8. The maximum atomic E-state index is 12.7. The highest BCUT2D eigenvalue weighted by Gasteiger charge is 2.22. The summed E-state index contributed by atoms with van der Waals surface area (Å²) in [4.78, 5) is 15.2. The minimum absolute atomic E-state index is 0.0601. The minimum atomic E-state index is -3.62. The van der Waals surface area contributed by atoms with Crippen molar-refractivity contribution in [3.05, 3.63) is 99.0 Å². The van der Waals surface area contributed by atoms with Gasteiger partial charge in [-0.1, -0.05) is 65.7 Å². The molecule has 0 radical (unpaired) electrons. The molecule has 190 valence electrons. The van der Waals surface area contributed by atoms with Gasteiger partial charge in [-0.3, -0.25) is 14.0 Å². The second-order valence-corrected chi connectivity index (χ2v) is 11.7. The number of hydrogen-bond acceptors (Lipinski definition) is 4. The zero-order valence-corrected chi connectivity index (χ0v) is 22.4. The summed E-state index contributed by atoms with van der Waals surface area (Å²) in [7, 11) is -3.62. The van der Waals surface area contributed by atoms with Gasteiger partial charge in [-0.25, -0.2) is 8.42 Å². The summed E-state index contributed by atoms with van der Waals surface area (Å²) in [6.45, 7) is 3.72. The van der Waals surface area contributed by atoms with Crippen LogP contribution in [0.25, 0.3) is 0 Å². The lowest BCUT2D eigenvalue weighted by Gasteiger charge is -2.24. The van der Waals surface area contributed by atoms with E-state index in [0.717, 1.165) is 31.5 Å². The van der Waals surface area contributed by atoms with E-state index in [2.05, 4.69) is 22.3 Å². The third-order valence-electron chi connectivity index (χ3n) is 6.19.